The van der Waals surface area contributed by atoms with Crippen molar-refractivity contribution in [1.29, 1.82) is 0 Å². The molecule has 1 rings (SSSR count). The molecule has 13 heavy (non-hydrogen) atoms. The Morgan fingerprint density at radius 1 is 1.77 bits per heavy atom. The van der Waals surface area contributed by atoms with Crippen LogP contribution in [0.15, 0.2) is 5.51 Å². The minimum atomic E-state index is -0.318. The SMILES string of the molecule is Cc1ncsc1CCNCC(N)=O. The fourth-order valence-corrected chi connectivity index (χ4v) is 1.76. The predicted octanol–water partition coefficient (Wildman–Crippen LogP) is 0.0689. The Morgan fingerprint density at radius 2 is 2.54 bits per heavy atom. The van der Waals surface area contributed by atoms with E-state index in [0.717, 1.165) is 18.7 Å². The molecule has 1 aromatic rings. The molecule has 0 bridgehead atoms. The molecule has 0 radical (unpaired) electrons. The highest BCUT2D eigenvalue weighted by Crippen LogP contribution is 2.11. The third kappa shape index (κ3) is 3.52. The molecule has 1 amide bonds. The van der Waals surface area contributed by atoms with Crippen molar-refractivity contribution in [3.8, 4) is 0 Å². The first-order valence-corrected chi connectivity index (χ1v) is 4.96. The first-order valence-electron chi connectivity index (χ1n) is 4.08. The quantitative estimate of drug-likeness (QED) is 0.659. The molecular weight excluding hydrogens is 186 g/mol. The molecule has 0 saturated heterocycles. The Hall–Kier alpha value is -0.940. The highest BCUT2D eigenvalue weighted by molar-refractivity contribution is 7.09. The van der Waals surface area contributed by atoms with E-state index in [1.807, 2.05) is 12.4 Å². The average molecular weight is 199 g/mol. The molecule has 0 atom stereocenters. The van der Waals surface area contributed by atoms with Crippen LogP contribution >= 0.6 is 11.3 Å². The molecule has 0 fully saturated rings. The number of nitrogens with zero attached hydrogens (tertiary/aromatic N) is 1. The monoisotopic (exact) mass is 199 g/mol. The van der Waals surface area contributed by atoms with Crippen molar-refractivity contribution < 1.29 is 4.79 Å². The van der Waals surface area contributed by atoms with Gasteiger partial charge in [-0.25, -0.2) is 4.98 Å². The Morgan fingerprint density at radius 3 is 3.08 bits per heavy atom. The molecule has 3 N–H and O–H groups in total. The summed E-state index contributed by atoms with van der Waals surface area (Å²) in [6, 6.07) is 0. The number of carbonyl (C=O) groups excluding carboxylic acids is 1. The van der Waals surface area contributed by atoms with Crippen molar-refractivity contribution >= 4 is 17.2 Å². The van der Waals surface area contributed by atoms with Crippen molar-refractivity contribution in [1.82, 2.24) is 10.3 Å². The Bertz CT molecular complexity index is 285. The van der Waals surface area contributed by atoms with Crippen LogP contribution in [0.3, 0.4) is 0 Å². The van der Waals surface area contributed by atoms with E-state index in [-0.39, 0.29) is 12.5 Å². The normalized spacial score (nSPS) is 10.2. The van der Waals surface area contributed by atoms with Gasteiger partial charge in [0.05, 0.1) is 17.7 Å². The van der Waals surface area contributed by atoms with Gasteiger partial charge in [-0.3, -0.25) is 4.79 Å². The fourth-order valence-electron chi connectivity index (χ4n) is 0.980. The average Bonchev–Trinajstić information content (AvgIpc) is 2.45. The maximum absolute atomic E-state index is 10.4. The Kier molecular flexibility index (Phi) is 3.85. The lowest BCUT2D eigenvalue weighted by Gasteiger charge is -2.00. The maximum atomic E-state index is 10.4. The van der Waals surface area contributed by atoms with Crippen LogP contribution in [-0.2, 0) is 11.2 Å². The predicted molar refractivity (Wildman–Crippen MR) is 52.6 cm³/mol. The van der Waals surface area contributed by atoms with Gasteiger partial charge in [0.2, 0.25) is 5.91 Å². The first kappa shape index (κ1) is 10.1. The van der Waals surface area contributed by atoms with E-state index in [0.29, 0.717) is 0 Å². The van der Waals surface area contributed by atoms with Crippen LogP contribution < -0.4 is 11.1 Å². The number of hydrogen-bond acceptors (Lipinski definition) is 4. The number of thiazole rings is 1. The lowest BCUT2D eigenvalue weighted by atomic mass is 10.3. The molecule has 4 nitrogen and oxygen atoms in total. The third-order valence-corrected chi connectivity index (χ3v) is 2.67. The zero-order chi connectivity index (χ0) is 9.68. The summed E-state index contributed by atoms with van der Waals surface area (Å²) < 4.78 is 0. The zero-order valence-electron chi connectivity index (χ0n) is 7.54. The van der Waals surface area contributed by atoms with Gasteiger partial charge in [0.1, 0.15) is 0 Å². The molecule has 0 aliphatic heterocycles. The number of aryl methyl sites for hydroxylation is 1. The van der Waals surface area contributed by atoms with Crippen LogP contribution in [0.5, 0.6) is 0 Å². The summed E-state index contributed by atoms with van der Waals surface area (Å²) in [4.78, 5) is 15.8. The van der Waals surface area contributed by atoms with Gasteiger partial charge in [-0.15, -0.1) is 11.3 Å². The van der Waals surface area contributed by atoms with Crippen LogP contribution in [0.2, 0.25) is 0 Å². The Labute approximate surface area is 81.2 Å². The van der Waals surface area contributed by atoms with Crippen LogP contribution in [0, 0.1) is 6.92 Å². The van der Waals surface area contributed by atoms with Gasteiger partial charge >= 0.3 is 0 Å². The second-order valence-corrected chi connectivity index (χ2v) is 3.69. The van der Waals surface area contributed by atoms with Gasteiger partial charge in [0.15, 0.2) is 0 Å². The summed E-state index contributed by atoms with van der Waals surface area (Å²) in [5.74, 6) is -0.318. The summed E-state index contributed by atoms with van der Waals surface area (Å²) in [5, 5.41) is 2.95. The van der Waals surface area contributed by atoms with Crippen LogP contribution in [0.25, 0.3) is 0 Å². The van der Waals surface area contributed by atoms with Crippen LogP contribution in [-0.4, -0.2) is 24.0 Å². The van der Waals surface area contributed by atoms with E-state index in [9.17, 15) is 4.79 Å². The lowest BCUT2D eigenvalue weighted by Crippen LogP contribution is -2.29. The number of nitrogens with two attached hydrogens (primary N) is 1. The molecule has 72 valence electrons. The molecule has 0 aliphatic carbocycles. The maximum Gasteiger partial charge on any atom is 0.231 e. The molecule has 0 unspecified atom stereocenters. The van der Waals surface area contributed by atoms with Gasteiger partial charge in [-0.2, -0.15) is 0 Å². The number of rotatable bonds is 5. The van der Waals surface area contributed by atoms with Crippen molar-refractivity contribution in [2.75, 3.05) is 13.1 Å². The third-order valence-electron chi connectivity index (χ3n) is 1.67. The number of amides is 1. The minimum Gasteiger partial charge on any atom is -0.369 e. The molecule has 0 saturated carbocycles. The summed E-state index contributed by atoms with van der Waals surface area (Å²) in [6.07, 6.45) is 0.907. The van der Waals surface area contributed by atoms with Gasteiger partial charge in [-0.05, 0) is 13.3 Å². The first-order chi connectivity index (χ1) is 6.20. The topological polar surface area (TPSA) is 68.0 Å². The van der Waals surface area contributed by atoms with E-state index in [4.69, 9.17) is 5.73 Å². The number of nitrogens with one attached hydrogen (secondary N) is 1. The zero-order valence-corrected chi connectivity index (χ0v) is 8.36. The summed E-state index contributed by atoms with van der Waals surface area (Å²) in [6.45, 7) is 3.00. The molecule has 0 aromatic carbocycles. The van der Waals surface area contributed by atoms with Gasteiger partial charge in [0.25, 0.3) is 0 Å². The summed E-state index contributed by atoms with van der Waals surface area (Å²) >= 11 is 1.64. The number of primary amides is 1. The Balaban J connectivity index is 2.20. The number of hydrogen-bond donors (Lipinski definition) is 2. The van der Waals surface area contributed by atoms with Crippen molar-refractivity contribution in [3.05, 3.63) is 16.1 Å². The highest BCUT2D eigenvalue weighted by atomic mass is 32.1. The van der Waals surface area contributed by atoms with Gasteiger partial charge in [-0.1, -0.05) is 0 Å². The summed E-state index contributed by atoms with van der Waals surface area (Å²) in [7, 11) is 0. The van der Waals surface area contributed by atoms with Crippen LogP contribution in [0.4, 0.5) is 0 Å². The minimum absolute atomic E-state index is 0.248. The highest BCUT2D eigenvalue weighted by Gasteiger charge is 2.00. The standard InChI is InChI=1S/C8H13N3OS/c1-6-7(13-5-11-6)2-3-10-4-8(9)12/h5,10H,2-4H2,1H3,(H2,9,12). The van der Waals surface area contributed by atoms with E-state index in [1.165, 1.54) is 4.88 Å². The molecule has 1 aromatic heterocycles. The second kappa shape index (κ2) is 4.94. The fraction of sp³-hybridized carbons (Fsp3) is 0.500. The molecule has 1 heterocycles. The van der Waals surface area contributed by atoms with E-state index < -0.39 is 0 Å². The van der Waals surface area contributed by atoms with Crippen molar-refractivity contribution in [3.63, 3.8) is 0 Å². The number of carbonyl (C=O) groups is 1. The molecule has 0 aliphatic rings. The second-order valence-electron chi connectivity index (χ2n) is 2.75. The summed E-state index contributed by atoms with van der Waals surface area (Å²) in [5.41, 5.74) is 7.88. The largest absolute Gasteiger partial charge is 0.369 e. The van der Waals surface area contributed by atoms with E-state index in [2.05, 4.69) is 10.3 Å². The molecular formula is C8H13N3OS. The van der Waals surface area contributed by atoms with E-state index >= 15 is 0 Å². The molecule has 5 heteroatoms. The smallest absolute Gasteiger partial charge is 0.231 e. The lowest BCUT2D eigenvalue weighted by molar-refractivity contribution is -0.117. The van der Waals surface area contributed by atoms with Gasteiger partial charge < -0.3 is 11.1 Å². The number of aromatic nitrogens is 1. The van der Waals surface area contributed by atoms with Gasteiger partial charge in [0, 0.05) is 11.4 Å². The molecule has 0 spiro atoms. The van der Waals surface area contributed by atoms with Crippen molar-refractivity contribution in [2.24, 2.45) is 5.73 Å². The van der Waals surface area contributed by atoms with Crippen LogP contribution in [0.1, 0.15) is 10.6 Å². The van der Waals surface area contributed by atoms with Crippen molar-refractivity contribution in [2.45, 2.75) is 13.3 Å². The van der Waals surface area contributed by atoms with E-state index in [1.54, 1.807) is 11.3 Å².